The highest BCUT2D eigenvalue weighted by Gasteiger charge is 2.57. The van der Waals surface area contributed by atoms with Crippen LogP contribution >= 0.6 is 22.6 Å². The van der Waals surface area contributed by atoms with Gasteiger partial charge in [-0.2, -0.15) is 0 Å². The second kappa shape index (κ2) is 11.7. The minimum absolute atomic E-state index is 0.00216. The zero-order valence-electron chi connectivity index (χ0n) is 22.8. The Bertz CT molecular complexity index is 1150. The topological polar surface area (TPSA) is 76.1 Å². The third kappa shape index (κ3) is 5.17. The van der Waals surface area contributed by atoms with E-state index in [2.05, 4.69) is 42.5 Å². The minimum atomic E-state index is -0.245. The number of likely N-dealkylation sites (tertiary alicyclic amines) is 1. The molecular weight excluding hydrogens is 593 g/mol. The van der Waals surface area contributed by atoms with Gasteiger partial charge in [0, 0.05) is 12.0 Å². The molecule has 2 aliphatic carbocycles. The van der Waals surface area contributed by atoms with E-state index in [1.165, 1.54) is 23.1 Å². The molecule has 6 nitrogen and oxygen atoms in total. The fraction of sp³-hybridized carbons (Fsp3) is 0.613. The van der Waals surface area contributed by atoms with Crippen molar-refractivity contribution < 1.29 is 24.2 Å². The van der Waals surface area contributed by atoms with Gasteiger partial charge in [-0.3, -0.25) is 14.5 Å². The van der Waals surface area contributed by atoms with Crippen LogP contribution in [0.4, 0.5) is 0 Å². The predicted molar refractivity (Wildman–Crippen MR) is 156 cm³/mol. The first-order chi connectivity index (χ1) is 18.3. The van der Waals surface area contributed by atoms with E-state index in [1.807, 2.05) is 12.1 Å². The summed E-state index contributed by atoms with van der Waals surface area (Å²) in [6, 6.07) is 3.95. The first-order valence-corrected chi connectivity index (χ1v) is 15.4. The van der Waals surface area contributed by atoms with Gasteiger partial charge >= 0.3 is 0 Å². The summed E-state index contributed by atoms with van der Waals surface area (Å²) >= 11 is 2.13. The van der Waals surface area contributed by atoms with Gasteiger partial charge in [-0.15, -0.1) is 0 Å². The predicted octanol–water partition coefficient (Wildman–Crippen LogP) is 6.64. The summed E-state index contributed by atoms with van der Waals surface area (Å²) in [5, 5.41) is 10.2. The van der Waals surface area contributed by atoms with Crippen molar-refractivity contribution in [1.29, 1.82) is 0 Å². The van der Waals surface area contributed by atoms with Gasteiger partial charge in [-0.25, -0.2) is 0 Å². The van der Waals surface area contributed by atoms with Crippen molar-refractivity contribution in [2.24, 2.45) is 17.8 Å². The Hall–Kier alpha value is -1.87. The molecule has 4 aliphatic rings. The lowest BCUT2D eigenvalue weighted by atomic mass is 9.70. The molecule has 2 saturated heterocycles. The van der Waals surface area contributed by atoms with E-state index in [0.717, 1.165) is 60.5 Å². The Balaban J connectivity index is 1.32. The van der Waals surface area contributed by atoms with Gasteiger partial charge in [-0.05, 0) is 91.3 Å². The number of ether oxygens (including phenoxy) is 2. The maximum Gasteiger partial charge on any atom is 0.234 e. The molecule has 7 heteroatoms. The SMILES string of the molecule is CCC/C(=C\c1cc(I)c(O)c(OC)c1)CC[C@H]1OC[C@H]2C1=C(C)C[C@H]1C(=O)N(C3CCCCC3)C(=O)[C@H]12. The van der Waals surface area contributed by atoms with Crippen molar-refractivity contribution in [3.05, 3.63) is 38.0 Å². The summed E-state index contributed by atoms with van der Waals surface area (Å²) in [5.41, 5.74) is 4.90. The number of phenolic OH excluding ortho intramolecular Hbond substituents is 1. The lowest BCUT2D eigenvalue weighted by Crippen LogP contribution is -2.42. The standard InChI is InChI=1S/C31H40INO5/c1-4-8-19(14-20-15-24(32)29(34)26(16-20)37-3)11-12-25-27-18(2)13-22-28(23(27)17-38-25)31(36)33(30(22)35)21-9-6-5-7-10-21/h14-16,21-23,25,28,34H,4-13,17H2,1-3H3/b19-14+/t22-,23+,25-,28-/m1/s1. The number of rotatable bonds is 8. The number of imide groups is 1. The highest BCUT2D eigenvalue weighted by Crippen LogP contribution is 2.50. The molecular formula is C31H40INO5. The molecule has 0 bridgehead atoms. The first-order valence-electron chi connectivity index (χ1n) is 14.3. The van der Waals surface area contributed by atoms with Crippen LogP contribution in [-0.2, 0) is 14.3 Å². The minimum Gasteiger partial charge on any atom is -0.504 e. The number of fused-ring (bicyclic) bond motifs is 3. The summed E-state index contributed by atoms with van der Waals surface area (Å²) < 4.78 is 12.5. The molecule has 5 rings (SSSR count). The second-order valence-electron chi connectivity index (χ2n) is 11.5. The number of carbonyl (C=O) groups is 2. The number of halogens is 1. The zero-order valence-corrected chi connectivity index (χ0v) is 25.0. The molecule has 1 aromatic carbocycles. The number of hydrogen-bond donors (Lipinski definition) is 1. The van der Waals surface area contributed by atoms with Gasteiger partial charge in [0.1, 0.15) is 0 Å². The van der Waals surface area contributed by atoms with Crippen molar-refractivity contribution >= 4 is 40.5 Å². The van der Waals surface area contributed by atoms with Crippen LogP contribution in [0.3, 0.4) is 0 Å². The van der Waals surface area contributed by atoms with Crippen LogP contribution in [0.5, 0.6) is 11.5 Å². The van der Waals surface area contributed by atoms with Crippen LogP contribution < -0.4 is 4.74 Å². The van der Waals surface area contributed by atoms with Crippen LogP contribution in [-0.4, -0.2) is 47.7 Å². The molecule has 2 heterocycles. The van der Waals surface area contributed by atoms with Crippen LogP contribution in [0.25, 0.3) is 6.08 Å². The summed E-state index contributed by atoms with van der Waals surface area (Å²) in [6.07, 6.45) is 12.0. The summed E-state index contributed by atoms with van der Waals surface area (Å²) in [4.78, 5) is 28.8. The number of nitrogens with zero attached hydrogens (tertiary/aromatic N) is 1. The molecule has 206 valence electrons. The van der Waals surface area contributed by atoms with Crippen molar-refractivity contribution in [2.45, 2.75) is 90.2 Å². The van der Waals surface area contributed by atoms with Gasteiger partial charge in [0.15, 0.2) is 11.5 Å². The number of hydrogen-bond acceptors (Lipinski definition) is 5. The monoisotopic (exact) mass is 633 g/mol. The number of benzene rings is 1. The van der Waals surface area contributed by atoms with E-state index in [4.69, 9.17) is 9.47 Å². The fourth-order valence-corrected chi connectivity index (χ4v) is 7.95. The highest BCUT2D eigenvalue weighted by molar-refractivity contribution is 14.1. The molecule has 2 aliphatic heterocycles. The van der Waals surface area contributed by atoms with Crippen LogP contribution in [0.15, 0.2) is 28.9 Å². The maximum absolute atomic E-state index is 13.7. The van der Waals surface area contributed by atoms with Gasteiger partial charge in [0.25, 0.3) is 0 Å². The first kappa shape index (κ1) is 27.7. The Morgan fingerprint density at radius 1 is 1.16 bits per heavy atom. The second-order valence-corrected chi connectivity index (χ2v) is 12.6. The largest absolute Gasteiger partial charge is 0.504 e. The van der Waals surface area contributed by atoms with E-state index in [0.29, 0.717) is 18.8 Å². The number of carbonyl (C=O) groups excluding carboxylic acids is 2. The lowest BCUT2D eigenvalue weighted by Gasteiger charge is -2.31. The smallest absolute Gasteiger partial charge is 0.234 e. The summed E-state index contributed by atoms with van der Waals surface area (Å²) in [5.74, 6) is 0.373. The summed E-state index contributed by atoms with van der Waals surface area (Å²) in [7, 11) is 1.57. The molecule has 3 fully saturated rings. The molecule has 38 heavy (non-hydrogen) atoms. The molecule has 1 N–H and O–H groups in total. The van der Waals surface area contributed by atoms with Crippen molar-refractivity contribution in [2.75, 3.05) is 13.7 Å². The van der Waals surface area contributed by atoms with E-state index in [1.54, 1.807) is 12.0 Å². The van der Waals surface area contributed by atoms with Crippen LogP contribution in [0.2, 0.25) is 0 Å². The quantitative estimate of drug-likeness (QED) is 0.198. The lowest BCUT2D eigenvalue weighted by molar-refractivity contribution is -0.143. The molecule has 1 saturated carbocycles. The van der Waals surface area contributed by atoms with E-state index in [-0.39, 0.29) is 47.5 Å². The van der Waals surface area contributed by atoms with Gasteiger partial charge in [0.05, 0.1) is 35.2 Å². The third-order valence-electron chi connectivity index (χ3n) is 9.07. The van der Waals surface area contributed by atoms with Gasteiger partial charge in [0.2, 0.25) is 11.8 Å². The number of aromatic hydroxyl groups is 1. The third-order valence-corrected chi connectivity index (χ3v) is 9.89. The number of methoxy groups -OCH3 is 1. The van der Waals surface area contributed by atoms with Crippen molar-refractivity contribution in [3.63, 3.8) is 0 Å². The highest BCUT2D eigenvalue weighted by atomic mass is 127. The van der Waals surface area contributed by atoms with Crippen LogP contribution in [0, 0.1) is 21.3 Å². The van der Waals surface area contributed by atoms with Gasteiger partial charge in [-0.1, -0.05) is 49.8 Å². The number of amides is 2. The van der Waals surface area contributed by atoms with E-state index in [9.17, 15) is 14.7 Å². The number of allylic oxidation sites excluding steroid dienone is 2. The normalized spacial score (nSPS) is 28.2. The Morgan fingerprint density at radius 3 is 2.63 bits per heavy atom. The number of phenols is 1. The Kier molecular flexibility index (Phi) is 8.53. The van der Waals surface area contributed by atoms with Crippen molar-refractivity contribution in [3.8, 4) is 11.5 Å². The molecule has 0 unspecified atom stereocenters. The molecule has 2 amide bonds. The molecule has 0 radical (unpaired) electrons. The van der Waals surface area contributed by atoms with Gasteiger partial charge < -0.3 is 14.6 Å². The Morgan fingerprint density at radius 2 is 1.92 bits per heavy atom. The molecule has 0 aromatic heterocycles. The maximum atomic E-state index is 13.7. The fourth-order valence-electron chi connectivity index (χ4n) is 7.33. The molecule has 1 aromatic rings. The zero-order chi connectivity index (χ0) is 27.0. The molecule has 0 spiro atoms. The van der Waals surface area contributed by atoms with Crippen molar-refractivity contribution in [1.82, 2.24) is 4.90 Å². The summed E-state index contributed by atoms with van der Waals surface area (Å²) in [6.45, 7) is 4.87. The van der Waals surface area contributed by atoms with E-state index < -0.39 is 0 Å². The Labute approximate surface area is 240 Å². The van der Waals surface area contributed by atoms with E-state index >= 15 is 0 Å². The average molecular weight is 634 g/mol. The average Bonchev–Trinajstić information content (AvgIpc) is 3.44. The van der Waals surface area contributed by atoms with Crippen LogP contribution in [0.1, 0.15) is 83.6 Å². The molecule has 4 atom stereocenters.